The summed E-state index contributed by atoms with van der Waals surface area (Å²) in [4.78, 5) is 15.2. The lowest BCUT2D eigenvalue weighted by Crippen LogP contribution is -2.02. The van der Waals surface area contributed by atoms with Gasteiger partial charge in [0, 0.05) is 23.0 Å². The fraction of sp³-hybridized carbons (Fsp3) is 0.118. The highest BCUT2D eigenvalue weighted by molar-refractivity contribution is 6.30. The Hall–Kier alpha value is -2.86. The molecule has 6 nitrogen and oxygen atoms in total. The van der Waals surface area contributed by atoms with Gasteiger partial charge >= 0.3 is 5.97 Å². The van der Waals surface area contributed by atoms with Crippen molar-refractivity contribution in [3.05, 3.63) is 65.1 Å². The lowest BCUT2D eigenvalue weighted by molar-refractivity contribution is 0.0697. The summed E-state index contributed by atoms with van der Waals surface area (Å²) in [5, 5.41) is 13.6. The average molecular weight is 344 g/mol. The summed E-state index contributed by atoms with van der Waals surface area (Å²) < 4.78 is 6.88. The van der Waals surface area contributed by atoms with Crippen molar-refractivity contribution in [3.63, 3.8) is 0 Å². The Morgan fingerprint density at radius 3 is 2.83 bits per heavy atom. The molecule has 0 aliphatic heterocycles. The normalized spacial score (nSPS) is 10.6. The summed E-state index contributed by atoms with van der Waals surface area (Å²) in [7, 11) is 1.56. The molecule has 0 bridgehead atoms. The summed E-state index contributed by atoms with van der Waals surface area (Å²) in [6.45, 7) is 0.401. The quantitative estimate of drug-likeness (QED) is 0.768. The number of methoxy groups -OCH3 is 1. The standard InChI is InChI=1S/C17H14ClN3O3/c1-24-16-15(12-3-2-4-14(18)6-12)5-11(7-19-16)9-21-10-13(8-20-21)17(22)23/h2-8,10H,9H2,1H3,(H,22,23). The minimum Gasteiger partial charge on any atom is -0.481 e. The number of carbonyl (C=O) groups is 1. The molecule has 0 spiro atoms. The number of rotatable bonds is 5. The number of halogens is 1. The number of hydrogen-bond acceptors (Lipinski definition) is 4. The first-order chi connectivity index (χ1) is 11.6. The molecule has 0 saturated heterocycles. The maximum atomic E-state index is 10.9. The van der Waals surface area contributed by atoms with Gasteiger partial charge in [0.15, 0.2) is 0 Å². The molecule has 3 aromatic rings. The molecular formula is C17H14ClN3O3. The van der Waals surface area contributed by atoms with Gasteiger partial charge in [0.25, 0.3) is 0 Å². The Balaban J connectivity index is 1.95. The maximum absolute atomic E-state index is 10.9. The SMILES string of the molecule is COc1ncc(Cn2cc(C(=O)O)cn2)cc1-c1cccc(Cl)c1. The monoisotopic (exact) mass is 343 g/mol. The second-order valence-electron chi connectivity index (χ2n) is 5.14. The van der Waals surface area contributed by atoms with Crippen LogP contribution in [0.15, 0.2) is 48.9 Å². The van der Waals surface area contributed by atoms with Gasteiger partial charge < -0.3 is 9.84 Å². The Bertz CT molecular complexity index is 892. The first-order valence-electron chi connectivity index (χ1n) is 7.11. The molecule has 1 N–H and O–H groups in total. The molecule has 0 aliphatic carbocycles. The van der Waals surface area contributed by atoms with Crippen LogP contribution in [-0.4, -0.2) is 33.0 Å². The molecule has 3 rings (SSSR count). The number of nitrogens with zero attached hydrogens (tertiary/aromatic N) is 3. The van der Waals surface area contributed by atoms with Gasteiger partial charge in [0.1, 0.15) is 0 Å². The van der Waals surface area contributed by atoms with Crippen molar-refractivity contribution in [3.8, 4) is 17.0 Å². The molecule has 2 heterocycles. The van der Waals surface area contributed by atoms with Crippen LogP contribution in [0.25, 0.3) is 11.1 Å². The predicted molar refractivity (Wildman–Crippen MR) is 89.5 cm³/mol. The predicted octanol–water partition coefficient (Wildman–Crippen LogP) is 3.35. The Labute approximate surface area is 143 Å². The summed E-state index contributed by atoms with van der Waals surface area (Å²) in [6.07, 6.45) is 4.47. The van der Waals surface area contributed by atoms with Gasteiger partial charge in [-0.2, -0.15) is 5.10 Å². The van der Waals surface area contributed by atoms with Crippen molar-refractivity contribution in [2.45, 2.75) is 6.54 Å². The second-order valence-corrected chi connectivity index (χ2v) is 5.58. The van der Waals surface area contributed by atoms with Crippen LogP contribution in [0.3, 0.4) is 0 Å². The number of aromatic carboxylic acids is 1. The van der Waals surface area contributed by atoms with Crippen LogP contribution in [-0.2, 0) is 6.54 Å². The highest BCUT2D eigenvalue weighted by atomic mass is 35.5. The number of hydrogen-bond donors (Lipinski definition) is 1. The van der Waals surface area contributed by atoms with Gasteiger partial charge in [-0.05, 0) is 29.3 Å². The van der Waals surface area contributed by atoms with Crippen LogP contribution < -0.4 is 4.74 Å². The molecule has 0 atom stereocenters. The van der Waals surface area contributed by atoms with Crippen molar-refractivity contribution in [2.24, 2.45) is 0 Å². The summed E-state index contributed by atoms with van der Waals surface area (Å²) in [5.41, 5.74) is 2.71. The molecule has 1 aromatic carbocycles. The van der Waals surface area contributed by atoms with E-state index in [1.807, 2.05) is 24.3 Å². The minimum absolute atomic E-state index is 0.145. The third-order valence-electron chi connectivity index (χ3n) is 3.46. The largest absolute Gasteiger partial charge is 0.481 e. The summed E-state index contributed by atoms with van der Waals surface area (Å²) >= 11 is 6.06. The van der Waals surface area contributed by atoms with Gasteiger partial charge in [-0.25, -0.2) is 9.78 Å². The summed E-state index contributed by atoms with van der Waals surface area (Å²) in [6, 6.07) is 9.34. The van der Waals surface area contributed by atoms with Gasteiger partial charge in [-0.15, -0.1) is 0 Å². The van der Waals surface area contributed by atoms with Gasteiger partial charge in [-0.3, -0.25) is 4.68 Å². The van der Waals surface area contributed by atoms with E-state index in [0.29, 0.717) is 17.4 Å². The van der Waals surface area contributed by atoms with Gasteiger partial charge in [-0.1, -0.05) is 23.7 Å². The first-order valence-corrected chi connectivity index (χ1v) is 7.49. The van der Waals surface area contributed by atoms with E-state index in [0.717, 1.165) is 16.7 Å². The fourth-order valence-electron chi connectivity index (χ4n) is 2.35. The minimum atomic E-state index is -1.01. The fourth-order valence-corrected chi connectivity index (χ4v) is 2.55. The Morgan fingerprint density at radius 1 is 1.33 bits per heavy atom. The molecule has 0 radical (unpaired) electrons. The van der Waals surface area contributed by atoms with E-state index in [1.54, 1.807) is 24.1 Å². The third kappa shape index (κ3) is 3.38. The lowest BCUT2D eigenvalue weighted by atomic mass is 10.1. The molecule has 7 heteroatoms. The number of pyridine rings is 1. The third-order valence-corrected chi connectivity index (χ3v) is 3.70. The molecule has 24 heavy (non-hydrogen) atoms. The molecule has 2 aromatic heterocycles. The van der Waals surface area contributed by atoms with E-state index in [9.17, 15) is 4.79 Å². The van der Waals surface area contributed by atoms with Gasteiger partial charge in [0.05, 0.1) is 25.4 Å². The highest BCUT2D eigenvalue weighted by Crippen LogP contribution is 2.30. The number of aromatic nitrogens is 3. The van der Waals surface area contributed by atoms with Crippen molar-refractivity contribution >= 4 is 17.6 Å². The van der Waals surface area contributed by atoms with E-state index < -0.39 is 5.97 Å². The van der Waals surface area contributed by atoms with Crippen molar-refractivity contribution in [1.29, 1.82) is 0 Å². The average Bonchev–Trinajstić information content (AvgIpc) is 3.03. The van der Waals surface area contributed by atoms with Crippen LogP contribution in [0.4, 0.5) is 0 Å². The van der Waals surface area contributed by atoms with E-state index in [2.05, 4.69) is 10.1 Å². The molecule has 0 amide bonds. The molecule has 0 saturated carbocycles. The zero-order chi connectivity index (χ0) is 17.1. The maximum Gasteiger partial charge on any atom is 0.338 e. The van der Waals surface area contributed by atoms with E-state index in [1.165, 1.54) is 12.4 Å². The van der Waals surface area contributed by atoms with Crippen LogP contribution in [0.2, 0.25) is 5.02 Å². The first kappa shape index (κ1) is 16.0. The second kappa shape index (κ2) is 6.72. The highest BCUT2D eigenvalue weighted by Gasteiger charge is 2.11. The van der Waals surface area contributed by atoms with E-state index in [-0.39, 0.29) is 5.56 Å². The van der Waals surface area contributed by atoms with Crippen molar-refractivity contribution in [1.82, 2.24) is 14.8 Å². The van der Waals surface area contributed by atoms with Crippen molar-refractivity contribution < 1.29 is 14.6 Å². The molecule has 0 aliphatic rings. The zero-order valence-electron chi connectivity index (χ0n) is 12.8. The lowest BCUT2D eigenvalue weighted by Gasteiger charge is -2.10. The van der Waals surface area contributed by atoms with Crippen LogP contribution in [0.1, 0.15) is 15.9 Å². The molecule has 122 valence electrons. The Kier molecular flexibility index (Phi) is 4.48. The van der Waals surface area contributed by atoms with Crippen LogP contribution >= 0.6 is 11.6 Å². The van der Waals surface area contributed by atoms with Crippen molar-refractivity contribution in [2.75, 3.05) is 7.11 Å². The number of benzene rings is 1. The molecule has 0 unspecified atom stereocenters. The van der Waals surface area contributed by atoms with E-state index >= 15 is 0 Å². The number of ether oxygens (including phenoxy) is 1. The van der Waals surface area contributed by atoms with Crippen LogP contribution in [0.5, 0.6) is 5.88 Å². The number of carboxylic acids is 1. The Morgan fingerprint density at radius 2 is 2.17 bits per heavy atom. The number of carboxylic acid groups (broad SMARTS) is 1. The molecule has 0 fully saturated rings. The zero-order valence-corrected chi connectivity index (χ0v) is 13.6. The van der Waals surface area contributed by atoms with Gasteiger partial charge in [0.2, 0.25) is 5.88 Å². The molecular weight excluding hydrogens is 330 g/mol. The smallest absolute Gasteiger partial charge is 0.338 e. The summed E-state index contributed by atoms with van der Waals surface area (Å²) in [5.74, 6) is -0.513. The van der Waals surface area contributed by atoms with E-state index in [4.69, 9.17) is 21.4 Å². The van der Waals surface area contributed by atoms with Crippen LogP contribution in [0, 0.1) is 0 Å². The topological polar surface area (TPSA) is 77.2 Å².